The van der Waals surface area contributed by atoms with Crippen molar-refractivity contribution >= 4 is 21.8 Å². The molecule has 2 atom stereocenters. The maximum Gasteiger partial charge on any atom is 0.249 e. The summed E-state index contributed by atoms with van der Waals surface area (Å²) < 4.78 is 6.75. The van der Waals surface area contributed by atoms with Crippen LogP contribution in [0.1, 0.15) is 37.7 Å². The van der Waals surface area contributed by atoms with E-state index in [1.807, 2.05) is 12.1 Å². The first kappa shape index (κ1) is 15.0. The number of hydrogen-bond donors (Lipinski definition) is 2. The lowest BCUT2D eigenvalue weighted by Gasteiger charge is -2.43. The molecule has 1 aromatic carbocycles. The predicted octanol–water partition coefficient (Wildman–Crippen LogP) is 2.45. The SMILES string of the molecule is NC[C@H]1CC[C@@H](C(=O)NC2(c3ccc(Br)cc3)CCC2)O1. The predicted molar refractivity (Wildman–Crippen MR) is 84.8 cm³/mol. The zero-order valence-electron chi connectivity index (χ0n) is 12.0. The van der Waals surface area contributed by atoms with Gasteiger partial charge in [0.1, 0.15) is 6.10 Å². The Morgan fingerprint density at radius 1 is 1.33 bits per heavy atom. The van der Waals surface area contributed by atoms with Crippen LogP contribution in [0, 0.1) is 0 Å². The van der Waals surface area contributed by atoms with Crippen LogP contribution in [0.2, 0.25) is 0 Å². The van der Waals surface area contributed by atoms with Crippen molar-refractivity contribution in [3.8, 4) is 0 Å². The molecule has 1 amide bonds. The molecule has 1 saturated carbocycles. The topological polar surface area (TPSA) is 64.4 Å². The number of nitrogens with two attached hydrogens (primary N) is 1. The van der Waals surface area contributed by atoms with Gasteiger partial charge in [-0.25, -0.2) is 0 Å². The van der Waals surface area contributed by atoms with E-state index < -0.39 is 0 Å². The molecule has 114 valence electrons. The Balaban J connectivity index is 1.69. The van der Waals surface area contributed by atoms with Gasteiger partial charge in [0.2, 0.25) is 5.91 Å². The second-order valence-electron chi connectivity index (χ2n) is 5.99. The lowest BCUT2D eigenvalue weighted by atomic mass is 9.71. The summed E-state index contributed by atoms with van der Waals surface area (Å²) in [6, 6.07) is 8.22. The molecule has 0 bridgehead atoms. The number of nitrogens with one attached hydrogen (secondary N) is 1. The fourth-order valence-corrected chi connectivity index (χ4v) is 3.44. The third kappa shape index (κ3) is 3.00. The van der Waals surface area contributed by atoms with E-state index in [9.17, 15) is 4.79 Å². The van der Waals surface area contributed by atoms with Crippen LogP contribution in [0.4, 0.5) is 0 Å². The van der Waals surface area contributed by atoms with Gasteiger partial charge < -0.3 is 15.8 Å². The summed E-state index contributed by atoms with van der Waals surface area (Å²) in [6.07, 6.45) is 4.47. The van der Waals surface area contributed by atoms with Crippen LogP contribution >= 0.6 is 15.9 Å². The van der Waals surface area contributed by atoms with E-state index in [4.69, 9.17) is 10.5 Å². The number of hydrogen-bond acceptors (Lipinski definition) is 3. The third-order valence-corrected chi connectivity index (χ3v) is 5.16. The molecule has 1 saturated heterocycles. The van der Waals surface area contributed by atoms with Gasteiger partial charge in [-0.1, -0.05) is 28.1 Å². The van der Waals surface area contributed by atoms with Crippen molar-refractivity contribution in [3.63, 3.8) is 0 Å². The molecule has 21 heavy (non-hydrogen) atoms. The maximum atomic E-state index is 12.5. The van der Waals surface area contributed by atoms with E-state index >= 15 is 0 Å². The molecule has 4 nitrogen and oxygen atoms in total. The van der Waals surface area contributed by atoms with Gasteiger partial charge in [0.05, 0.1) is 11.6 Å². The minimum Gasteiger partial charge on any atom is -0.364 e. The molecule has 2 aliphatic rings. The minimum atomic E-state index is -0.341. The van der Waals surface area contributed by atoms with Crippen molar-refractivity contribution in [3.05, 3.63) is 34.3 Å². The minimum absolute atomic E-state index is 0.00793. The van der Waals surface area contributed by atoms with Crippen LogP contribution in [0.3, 0.4) is 0 Å². The van der Waals surface area contributed by atoms with Crippen LogP contribution < -0.4 is 11.1 Å². The first-order valence-corrected chi connectivity index (χ1v) is 8.36. The normalized spacial score (nSPS) is 27.1. The van der Waals surface area contributed by atoms with Gasteiger partial charge >= 0.3 is 0 Å². The van der Waals surface area contributed by atoms with Crippen molar-refractivity contribution in [2.45, 2.75) is 49.9 Å². The van der Waals surface area contributed by atoms with Crippen molar-refractivity contribution in [2.75, 3.05) is 6.54 Å². The molecule has 0 aromatic heterocycles. The smallest absolute Gasteiger partial charge is 0.249 e. The van der Waals surface area contributed by atoms with Gasteiger partial charge in [-0.05, 0) is 49.8 Å². The van der Waals surface area contributed by atoms with E-state index in [2.05, 4.69) is 33.4 Å². The third-order valence-electron chi connectivity index (χ3n) is 4.63. The van der Waals surface area contributed by atoms with Crippen molar-refractivity contribution < 1.29 is 9.53 Å². The van der Waals surface area contributed by atoms with Crippen LogP contribution in [-0.4, -0.2) is 24.7 Å². The number of carbonyl (C=O) groups excluding carboxylic acids is 1. The largest absolute Gasteiger partial charge is 0.364 e. The number of amides is 1. The highest BCUT2D eigenvalue weighted by Gasteiger charge is 2.42. The molecule has 1 aliphatic heterocycles. The van der Waals surface area contributed by atoms with Gasteiger partial charge in [-0.3, -0.25) is 4.79 Å². The number of benzene rings is 1. The number of ether oxygens (including phenoxy) is 1. The van der Waals surface area contributed by atoms with Crippen molar-refractivity contribution in [2.24, 2.45) is 5.73 Å². The molecule has 0 radical (unpaired) electrons. The highest BCUT2D eigenvalue weighted by molar-refractivity contribution is 9.10. The Bertz CT molecular complexity index is 514. The summed E-state index contributed by atoms with van der Waals surface area (Å²) in [5.41, 5.74) is 6.58. The molecule has 5 heteroatoms. The first-order chi connectivity index (χ1) is 10.1. The van der Waals surface area contributed by atoms with Gasteiger partial charge in [0, 0.05) is 11.0 Å². The standard InChI is InChI=1S/C16H21BrN2O2/c17-12-4-2-11(3-5-12)16(8-1-9-16)19-15(20)14-7-6-13(10-18)21-14/h2-5,13-14H,1,6-10,18H2,(H,19,20)/t13-,14+/m1/s1. The van der Waals surface area contributed by atoms with Crippen LogP contribution in [0.15, 0.2) is 28.7 Å². The molecular weight excluding hydrogens is 332 g/mol. The second kappa shape index (κ2) is 6.07. The Morgan fingerprint density at radius 2 is 2.05 bits per heavy atom. The molecule has 3 N–H and O–H groups in total. The monoisotopic (exact) mass is 352 g/mol. The Morgan fingerprint density at radius 3 is 2.57 bits per heavy atom. The van der Waals surface area contributed by atoms with Gasteiger partial charge in [0.15, 0.2) is 0 Å². The molecule has 0 spiro atoms. The van der Waals surface area contributed by atoms with Gasteiger partial charge in [0.25, 0.3) is 0 Å². The zero-order chi connectivity index (χ0) is 14.9. The average molecular weight is 353 g/mol. The van der Waals surface area contributed by atoms with Crippen LogP contribution in [0.5, 0.6) is 0 Å². The Labute approximate surface area is 133 Å². The Hall–Kier alpha value is -0.910. The van der Waals surface area contributed by atoms with Crippen LogP contribution in [-0.2, 0) is 15.1 Å². The van der Waals surface area contributed by atoms with E-state index in [1.165, 1.54) is 5.56 Å². The highest BCUT2D eigenvalue weighted by atomic mass is 79.9. The van der Waals surface area contributed by atoms with E-state index in [1.54, 1.807) is 0 Å². The number of rotatable bonds is 4. The number of carbonyl (C=O) groups is 1. The van der Waals surface area contributed by atoms with E-state index in [-0.39, 0.29) is 23.7 Å². The van der Waals surface area contributed by atoms with Gasteiger partial charge in [-0.15, -0.1) is 0 Å². The first-order valence-electron chi connectivity index (χ1n) is 7.56. The average Bonchev–Trinajstić information content (AvgIpc) is 2.93. The summed E-state index contributed by atoms with van der Waals surface area (Å²) in [4.78, 5) is 12.5. The summed E-state index contributed by atoms with van der Waals surface area (Å²) in [7, 11) is 0. The van der Waals surface area contributed by atoms with Crippen molar-refractivity contribution in [1.29, 1.82) is 0 Å². The zero-order valence-corrected chi connectivity index (χ0v) is 13.6. The highest BCUT2D eigenvalue weighted by Crippen LogP contribution is 2.42. The fourth-order valence-electron chi connectivity index (χ4n) is 3.17. The molecular formula is C16H21BrN2O2. The summed E-state index contributed by atoms with van der Waals surface area (Å²) in [6.45, 7) is 0.488. The molecule has 1 aliphatic carbocycles. The summed E-state index contributed by atoms with van der Waals surface area (Å²) >= 11 is 3.45. The summed E-state index contributed by atoms with van der Waals surface area (Å²) in [5.74, 6) is 0.00793. The van der Waals surface area contributed by atoms with Gasteiger partial charge in [-0.2, -0.15) is 0 Å². The van der Waals surface area contributed by atoms with E-state index in [0.29, 0.717) is 6.54 Å². The molecule has 3 rings (SSSR count). The maximum absolute atomic E-state index is 12.5. The summed E-state index contributed by atoms with van der Waals surface area (Å²) in [5, 5.41) is 3.23. The molecule has 0 unspecified atom stereocenters. The van der Waals surface area contributed by atoms with E-state index in [0.717, 1.165) is 36.6 Å². The fraction of sp³-hybridized carbons (Fsp3) is 0.562. The lowest BCUT2D eigenvalue weighted by molar-refractivity contribution is -0.135. The molecule has 1 aromatic rings. The quantitative estimate of drug-likeness (QED) is 0.874. The van der Waals surface area contributed by atoms with Crippen LogP contribution in [0.25, 0.3) is 0 Å². The van der Waals surface area contributed by atoms with Crippen molar-refractivity contribution in [1.82, 2.24) is 5.32 Å². The second-order valence-corrected chi connectivity index (χ2v) is 6.91. The number of halogens is 1. The Kier molecular flexibility index (Phi) is 4.33. The molecule has 1 heterocycles. The lowest BCUT2D eigenvalue weighted by Crippen LogP contribution is -2.53. The molecule has 2 fully saturated rings.